The van der Waals surface area contributed by atoms with Crippen molar-refractivity contribution < 1.29 is 14.3 Å². The molecule has 1 aromatic heterocycles. The lowest BCUT2D eigenvalue weighted by molar-refractivity contribution is 0.0594. The number of rotatable bonds is 7. The number of nitrogens with one attached hydrogen (secondary N) is 1. The third kappa shape index (κ3) is 3.45. The van der Waals surface area contributed by atoms with E-state index in [1.165, 1.54) is 31.3 Å². The fourth-order valence-electron chi connectivity index (χ4n) is 2.03. The second-order valence-electron chi connectivity index (χ2n) is 5.01. The Morgan fingerprint density at radius 3 is 2.79 bits per heavy atom. The molecule has 0 unspecified atom stereocenters. The Labute approximate surface area is 117 Å². The van der Waals surface area contributed by atoms with E-state index in [0.29, 0.717) is 11.1 Å². The predicted molar refractivity (Wildman–Crippen MR) is 74.8 cm³/mol. The molecule has 1 aliphatic carbocycles. The van der Waals surface area contributed by atoms with Crippen LogP contribution in [-0.4, -0.2) is 38.3 Å². The van der Waals surface area contributed by atoms with E-state index < -0.39 is 0 Å². The zero-order valence-electron chi connectivity index (χ0n) is 11.6. The molecule has 1 fully saturated rings. The minimum Gasteiger partial charge on any atom is -0.464 e. The minimum absolute atomic E-state index is 0.362. The van der Waals surface area contributed by atoms with Crippen molar-refractivity contribution in [3.05, 3.63) is 10.6 Å². The van der Waals surface area contributed by atoms with E-state index in [9.17, 15) is 4.79 Å². The SMILES string of the molecule is COCCC1(CNc2nc(C(=O)OC)c(C)s2)CC1. The fraction of sp³-hybridized carbons (Fsp3) is 0.692. The smallest absolute Gasteiger partial charge is 0.357 e. The van der Waals surface area contributed by atoms with Gasteiger partial charge in [-0.2, -0.15) is 0 Å². The molecule has 0 amide bonds. The Morgan fingerprint density at radius 1 is 1.47 bits per heavy atom. The van der Waals surface area contributed by atoms with Crippen LogP contribution in [0, 0.1) is 12.3 Å². The molecule has 0 saturated heterocycles. The average Bonchev–Trinajstić information content (AvgIpc) is 3.09. The van der Waals surface area contributed by atoms with Crippen LogP contribution in [0.1, 0.15) is 34.6 Å². The minimum atomic E-state index is -0.373. The lowest BCUT2D eigenvalue weighted by Gasteiger charge is -2.14. The van der Waals surface area contributed by atoms with Gasteiger partial charge in [0.15, 0.2) is 10.8 Å². The number of ether oxygens (including phenoxy) is 2. The van der Waals surface area contributed by atoms with E-state index in [0.717, 1.165) is 29.6 Å². The molecule has 0 bridgehead atoms. The molecule has 5 nitrogen and oxygen atoms in total. The molecule has 0 atom stereocenters. The van der Waals surface area contributed by atoms with Gasteiger partial charge in [-0.05, 0) is 31.6 Å². The largest absolute Gasteiger partial charge is 0.464 e. The highest BCUT2D eigenvalue weighted by molar-refractivity contribution is 7.15. The molecule has 2 rings (SSSR count). The highest BCUT2D eigenvalue weighted by atomic mass is 32.1. The number of anilines is 1. The van der Waals surface area contributed by atoms with Crippen LogP contribution in [0.4, 0.5) is 5.13 Å². The quantitative estimate of drug-likeness (QED) is 0.779. The van der Waals surface area contributed by atoms with Gasteiger partial charge in [0, 0.05) is 25.1 Å². The van der Waals surface area contributed by atoms with Crippen LogP contribution in [0.3, 0.4) is 0 Å². The third-order valence-corrected chi connectivity index (χ3v) is 4.51. The summed E-state index contributed by atoms with van der Waals surface area (Å²) in [5, 5.41) is 4.13. The van der Waals surface area contributed by atoms with Crippen LogP contribution in [0.2, 0.25) is 0 Å². The molecule has 1 aliphatic rings. The summed E-state index contributed by atoms with van der Waals surface area (Å²) >= 11 is 1.50. The molecular weight excluding hydrogens is 264 g/mol. The summed E-state index contributed by atoms with van der Waals surface area (Å²) in [6.45, 7) is 3.57. The summed E-state index contributed by atoms with van der Waals surface area (Å²) < 4.78 is 9.84. The van der Waals surface area contributed by atoms with Gasteiger partial charge in [0.05, 0.1) is 7.11 Å². The van der Waals surface area contributed by atoms with Crippen molar-refractivity contribution in [2.45, 2.75) is 26.2 Å². The molecule has 19 heavy (non-hydrogen) atoms. The van der Waals surface area contributed by atoms with Crippen molar-refractivity contribution in [1.82, 2.24) is 4.98 Å². The Bertz CT molecular complexity index is 455. The summed E-state index contributed by atoms with van der Waals surface area (Å²) in [6.07, 6.45) is 3.54. The van der Waals surface area contributed by atoms with Crippen molar-refractivity contribution in [3.8, 4) is 0 Å². The van der Waals surface area contributed by atoms with Gasteiger partial charge in [0.25, 0.3) is 0 Å². The summed E-state index contributed by atoms with van der Waals surface area (Å²) in [6, 6.07) is 0. The first-order valence-electron chi connectivity index (χ1n) is 6.39. The van der Waals surface area contributed by atoms with E-state index in [2.05, 4.69) is 10.3 Å². The standard InChI is InChI=1S/C13H20N2O3S/c1-9-10(11(16)18-3)15-12(19-9)14-8-13(4-5-13)6-7-17-2/h4-8H2,1-3H3,(H,14,15). The molecule has 1 N–H and O–H groups in total. The summed E-state index contributed by atoms with van der Waals surface area (Å²) in [5.41, 5.74) is 0.776. The van der Waals surface area contributed by atoms with Crippen LogP contribution in [0.5, 0.6) is 0 Å². The predicted octanol–water partition coefficient (Wildman–Crippen LogP) is 2.47. The monoisotopic (exact) mass is 284 g/mol. The van der Waals surface area contributed by atoms with E-state index >= 15 is 0 Å². The fourth-order valence-corrected chi connectivity index (χ4v) is 2.83. The maximum atomic E-state index is 11.5. The van der Waals surface area contributed by atoms with Crippen LogP contribution in [0.25, 0.3) is 0 Å². The van der Waals surface area contributed by atoms with Crippen molar-refractivity contribution in [1.29, 1.82) is 0 Å². The van der Waals surface area contributed by atoms with Gasteiger partial charge in [0.2, 0.25) is 0 Å². The molecule has 0 aromatic carbocycles. The number of aromatic nitrogens is 1. The highest BCUT2D eigenvalue weighted by Crippen LogP contribution is 2.48. The number of methoxy groups -OCH3 is 2. The first-order chi connectivity index (χ1) is 9.10. The Morgan fingerprint density at radius 2 is 2.21 bits per heavy atom. The van der Waals surface area contributed by atoms with Gasteiger partial charge < -0.3 is 14.8 Å². The van der Waals surface area contributed by atoms with E-state index in [1.54, 1.807) is 7.11 Å². The van der Waals surface area contributed by atoms with E-state index in [1.807, 2.05) is 6.92 Å². The molecule has 0 aliphatic heterocycles. The number of carbonyl (C=O) groups is 1. The number of thiazole rings is 1. The zero-order chi connectivity index (χ0) is 13.9. The zero-order valence-corrected chi connectivity index (χ0v) is 12.4. The normalized spacial score (nSPS) is 16.2. The first kappa shape index (κ1) is 14.3. The van der Waals surface area contributed by atoms with Crippen molar-refractivity contribution in [2.24, 2.45) is 5.41 Å². The van der Waals surface area contributed by atoms with Crippen molar-refractivity contribution in [2.75, 3.05) is 32.7 Å². The molecule has 106 valence electrons. The van der Waals surface area contributed by atoms with Gasteiger partial charge in [-0.15, -0.1) is 11.3 Å². The lowest BCUT2D eigenvalue weighted by atomic mass is 10.0. The molecule has 1 heterocycles. The Hall–Kier alpha value is -1.14. The van der Waals surface area contributed by atoms with E-state index in [4.69, 9.17) is 9.47 Å². The van der Waals surface area contributed by atoms with Crippen LogP contribution >= 0.6 is 11.3 Å². The lowest BCUT2D eigenvalue weighted by Crippen LogP contribution is -2.17. The maximum Gasteiger partial charge on any atom is 0.357 e. The van der Waals surface area contributed by atoms with Crippen LogP contribution in [0.15, 0.2) is 0 Å². The third-order valence-electron chi connectivity index (χ3n) is 3.58. The van der Waals surface area contributed by atoms with Crippen molar-refractivity contribution >= 4 is 22.4 Å². The topological polar surface area (TPSA) is 60.5 Å². The number of hydrogen-bond donors (Lipinski definition) is 1. The van der Waals surface area contributed by atoms with Crippen LogP contribution < -0.4 is 5.32 Å². The average molecular weight is 284 g/mol. The number of carbonyl (C=O) groups excluding carboxylic acids is 1. The molecule has 6 heteroatoms. The van der Waals surface area contributed by atoms with Gasteiger partial charge in [-0.3, -0.25) is 0 Å². The van der Waals surface area contributed by atoms with E-state index in [-0.39, 0.29) is 5.97 Å². The maximum absolute atomic E-state index is 11.5. The highest BCUT2D eigenvalue weighted by Gasteiger charge is 2.41. The molecular formula is C13H20N2O3S. The second kappa shape index (κ2) is 5.88. The summed E-state index contributed by atoms with van der Waals surface area (Å²) in [7, 11) is 3.11. The van der Waals surface area contributed by atoms with Gasteiger partial charge in [0.1, 0.15) is 0 Å². The molecule has 0 radical (unpaired) electrons. The first-order valence-corrected chi connectivity index (χ1v) is 7.20. The molecule has 0 spiro atoms. The molecule has 1 saturated carbocycles. The second-order valence-corrected chi connectivity index (χ2v) is 6.21. The Balaban J connectivity index is 1.92. The van der Waals surface area contributed by atoms with Crippen LogP contribution in [-0.2, 0) is 9.47 Å². The Kier molecular flexibility index (Phi) is 4.42. The number of hydrogen-bond acceptors (Lipinski definition) is 6. The van der Waals surface area contributed by atoms with Gasteiger partial charge >= 0.3 is 5.97 Å². The number of nitrogens with zero attached hydrogens (tertiary/aromatic N) is 1. The van der Waals surface area contributed by atoms with Gasteiger partial charge in [-0.1, -0.05) is 0 Å². The van der Waals surface area contributed by atoms with Crippen molar-refractivity contribution in [3.63, 3.8) is 0 Å². The summed E-state index contributed by atoms with van der Waals surface area (Å²) in [4.78, 5) is 16.7. The number of esters is 1. The number of aryl methyl sites for hydroxylation is 1. The van der Waals surface area contributed by atoms with Gasteiger partial charge in [-0.25, -0.2) is 9.78 Å². The summed E-state index contributed by atoms with van der Waals surface area (Å²) in [5.74, 6) is -0.373. The molecule has 1 aromatic rings.